The monoisotopic (exact) mass is 351 g/mol. The zero-order valence-electron chi connectivity index (χ0n) is 8.33. The Kier molecular flexibility index (Phi) is 6.10. The number of phenols is 1. The minimum Gasteiger partial charge on any atom is -0.506 e. The molecule has 0 aliphatic heterocycles. The van der Waals surface area contributed by atoms with Crippen LogP contribution in [0.3, 0.4) is 0 Å². The van der Waals surface area contributed by atoms with E-state index < -0.39 is 24.3 Å². The molecule has 1 rings (SSSR count). The van der Waals surface area contributed by atoms with Gasteiger partial charge in [0.15, 0.2) is 0 Å². The first-order valence-electron chi connectivity index (χ1n) is 4.21. The highest BCUT2D eigenvalue weighted by Gasteiger charge is 2.39. The number of halogens is 5. The van der Waals surface area contributed by atoms with Gasteiger partial charge in [-0.15, -0.1) is 12.4 Å². The van der Waals surface area contributed by atoms with Crippen LogP contribution >= 0.6 is 39.9 Å². The van der Waals surface area contributed by atoms with Gasteiger partial charge < -0.3 is 15.9 Å². The summed E-state index contributed by atoms with van der Waals surface area (Å²) in [4.78, 5) is 0. The van der Waals surface area contributed by atoms with Gasteiger partial charge in [-0.1, -0.05) is 11.6 Å². The largest absolute Gasteiger partial charge is 0.506 e. The highest BCUT2D eigenvalue weighted by atomic mass is 79.9. The van der Waals surface area contributed by atoms with E-state index in [1.54, 1.807) is 0 Å². The molecule has 0 radical (unpaired) electrons. The molecule has 1 atom stereocenters. The zero-order chi connectivity index (χ0) is 12.5. The van der Waals surface area contributed by atoms with Crippen LogP contribution in [0.1, 0.15) is 11.6 Å². The van der Waals surface area contributed by atoms with Crippen molar-refractivity contribution in [3.05, 3.63) is 27.2 Å². The molecule has 0 aromatic heterocycles. The van der Waals surface area contributed by atoms with E-state index in [4.69, 9.17) is 22.4 Å². The van der Waals surface area contributed by atoms with Gasteiger partial charge in [-0.25, -0.2) is 8.78 Å². The third kappa shape index (κ3) is 3.66. The Balaban J connectivity index is 0.00000256. The highest BCUT2D eigenvalue weighted by molar-refractivity contribution is 9.10. The van der Waals surface area contributed by atoms with Crippen LogP contribution in [-0.2, 0) is 0 Å². The maximum absolute atomic E-state index is 13.1. The molecule has 1 aromatic rings. The third-order valence-corrected chi connectivity index (χ3v) is 2.88. The van der Waals surface area contributed by atoms with E-state index in [1.807, 2.05) is 0 Å². The summed E-state index contributed by atoms with van der Waals surface area (Å²) in [6.07, 6.45) is 0. The molecule has 0 heterocycles. The molecule has 98 valence electrons. The van der Waals surface area contributed by atoms with Gasteiger partial charge >= 0.3 is 0 Å². The van der Waals surface area contributed by atoms with E-state index in [1.165, 1.54) is 6.07 Å². The molecule has 0 aliphatic carbocycles. The molecule has 3 nitrogen and oxygen atoms in total. The summed E-state index contributed by atoms with van der Waals surface area (Å²) >= 11 is 8.61. The lowest BCUT2D eigenvalue weighted by Crippen LogP contribution is -2.36. The van der Waals surface area contributed by atoms with Crippen LogP contribution < -0.4 is 5.73 Å². The topological polar surface area (TPSA) is 66.5 Å². The second-order valence-corrected chi connectivity index (χ2v) is 4.51. The van der Waals surface area contributed by atoms with Crippen LogP contribution in [0.4, 0.5) is 8.78 Å². The average molecular weight is 353 g/mol. The summed E-state index contributed by atoms with van der Waals surface area (Å²) in [6.45, 7) is -1.41. The fourth-order valence-corrected chi connectivity index (χ4v) is 1.98. The first-order valence-corrected chi connectivity index (χ1v) is 5.39. The van der Waals surface area contributed by atoms with Crippen LogP contribution in [-0.4, -0.2) is 22.7 Å². The van der Waals surface area contributed by atoms with Crippen molar-refractivity contribution < 1.29 is 19.0 Å². The lowest BCUT2D eigenvalue weighted by Gasteiger charge is -2.22. The fourth-order valence-electron chi connectivity index (χ4n) is 1.15. The molecule has 0 fully saturated rings. The second-order valence-electron chi connectivity index (χ2n) is 3.22. The number of benzene rings is 1. The Labute approximate surface area is 116 Å². The summed E-state index contributed by atoms with van der Waals surface area (Å²) in [6, 6.07) is 0.660. The standard InChI is InChI=1S/C9H9BrClF2NO2.ClH/c10-6-2-4(11)1-5(7(6)16)8(14)9(12,13)3-15;/h1-2,8,15-16H,3,14H2;1H/t8-;/m1./s1. The third-order valence-electron chi connectivity index (χ3n) is 2.06. The Bertz CT molecular complexity index is 407. The molecule has 4 N–H and O–H groups in total. The SMILES string of the molecule is Cl.N[C@H](c1cc(Cl)cc(Br)c1O)C(F)(F)CO. The number of aliphatic hydroxyl groups is 1. The lowest BCUT2D eigenvalue weighted by atomic mass is 10.0. The van der Waals surface area contributed by atoms with Crippen molar-refractivity contribution >= 4 is 39.9 Å². The highest BCUT2D eigenvalue weighted by Crippen LogP contribution is 2.39. The van der Waals surface area contributed by atoms with Crippen molar-refractivity contribution in [2.75, 3.05) is 6.61 Å². The van der Waals surface area contributed by atoms with Gasteiger partial charge in [0.25, 0.3) is 5.92 Å². The normalized spacial score (nSPS) is 13.1. The quantitative estimate of drug-likeness (QED) is 0.783. The Morgan fingerprint density at radius 3 is 2.47 bits per heavy atom. The van der Waals surface area contributed by atoms with E-state index in [9.17, 15) is 13.9 Å². The number of alkyl halides is 2. The summed E-state index contributed by atoms with van der Waals surface area (Å²) in [5.41, 5.74) is 5.05. The maximum Gasteiger partial charge on any atom is 0.289 e. The number of hydrogen-bond acceptors (Lipinski definition) is 3. The Morgan fingerprint density at radius 2 is 2.00 bits per heavy atom. The molecule has 0 saturated carbocycles. The summed E-state index contributed by atoms with van der Waals surface area (Å²) < 4.78 is 26.4. The number of hydrogen-bond donors (Lipinski definition) is 3. The number of phenolic OH excluding ortho intramolecular Hbond substituents is 1. The van der Waals surface area contributed by atoms with E-state index in [0.717, 1.165) is 6.07 Å². The summed E-state index contributed by atoms with van der Waals surface area (Å²) in [7, 11) is 0. The van der Waals surface area contributed by atoms with Gasteiger partial charge in [0.1, 0.15) is 18.4 Å². The van der Waals surface area contributed by atoms with Crippen LogP contribution in [0.15, 0.2) is 16.6 Å². The zero-order valence-corrected chi connectivity index (χ0v) is 11.5. The summed E-state index contributed by atoms with van der Waals surface area (Å²) in [5, 5.41) is 18.2. The molecule has 0 unspecified atom stereocenters. The minimum absolute atomic E-state index is 0. The van der Waals surface area contributed by atoms with Gasteiger partial charge in [0, 0.05) is 10.6 Å². The maximum atomic E-state index is 13.1. The summed E-state index contributed by atoms with van der Waals surface area (Å²) in [5.74, 6) is -3.94. The van der Waals surface area contributed by atoms with Crippen molar-refractivity contribution in [1.29, 1.82) is 0 Å². The van der Waals surface area contributed by atoms with Crippen molar-refractivity contribution in [3.63, 3.8) is 0 Å². The molecule has 0 amide bonds. The molecule has 8 heteroatoms. The van der Waals surface area contributed by atoms with Gasteiger partial charge in [0.05, 0.1) is 4.47 Å². The molecule has 1 aromatic carbocycles. The van der Waals surface area contributed by atoms with Crippen molar-refractivity contribution in [2.24, 2.45) is 5.73 Å². The van der Waals surface area contributed by atoms with Crippen LogP contribution in [0.2, 0.25) is 5.02 Å². The predicted octanol–water partition coefficient (Wildman–Crippen LogP) is 2.86. The van der Waals surface area contributed by atoms with E-state index in [2.05, 4.69) is 15.9 Å². The van der Waals surface area contributed by atoms with Crippen LogP contribution in [0.5, 0.6) is 5.75 Å². The molecular formula is C9H10BrCl2F2NO2. The fraction of sp³-hybridized carbons (Fsp3) is 0.333. The molecular weight excluding hydrogens is 343 g/mol. The van der Waals surface area contributed by atoms with E-state index in [0.29, 0.717) is 0 Å². The molecule has 17 heavy (non-hydrogen) atoms. The lowest BCUT2D eigenvalue weighted by molar-refractivity contribution is -0.0716. The molecule has 0 saturated heterocycles. The number of nitrogens with two attached hydrogens (primary N) is 1. The van der Waals surface area contributed by atoms with E-state index >= 15 is 0 Å². The van der Waals surface area contributed by atoms with Crippen LogP contribution in [0, 0.1) is 0 Å². The van der Waals surface area contributed by atoms with Gasteiger partial charge in [-0.05, 0) is 28.1 Å². The predicted molar refractivity (Wildman–Crippen MR) is 67.0 cm³/mol. The van der Waals surface area contributed by atoms with Crippen molar-refractivity contribution in [2.45, 2.75) is 12.0 Å². The molecule has 0 bridgehead atoms. The van der Waals surface area contributed by atoms with Gasteiger partial charge in [-0.2, -0.15) is 0 Å². The Hall–Kier alpha value is -0.140. The molecule has 0 aliphatic rings. The van der Waals surface area contributed by atoms with Crippen LogP contribution in [0.25, 0.3) is 0 Å². The van der Waals surface area contributed by atoms with Gasteiger partial charge in [0.2, 0.25) is 0 Å². The van der Waals surface area contributed by atoms with Gasteiger partial charge in [-0.3, -0.25) is 0 Å². The van der Waals surface area contributed by atoms with E-state index in [-0.39, 0.29) is 27.5 Å². The number of aromatic hydroxyl groups is 1. The van der Waals surface area contributed by atoms with Crippen molar-refractivity contribution in [1.82, 2.24) is 0 Å². The minimum atomic E-state index is -3.53. The Morgan fingerprint density at radius 1 is 1.47 bits per heavy atom. The smallest absolute Gasteiger partial charge is 0.289 e. The average Bonchev–Trinajstić information content (AvgIpc) is 2.22. The number of aliphatic hydroxyl groups excluding tert-OH is 1. The first kappa shape index (κ1) is 16.9. The molecule has 0 spiro atoms. The number of rotatable bonds is 3. The second kappa shape index (κ2) is 6.15. The van der Waals surface area contributed by atoms with Crippen molar-refractivity contribution in [3.8, 4) is 5.75 Å². The first-order chi connectivity index (χ1) is 7.29.